The lowest BCUT2D eigenvalue weighted by atomic mass is 9.88. The van der Waals surface area contributed by atoms with Crippen LogP contribution in [0.2, 0.25) is 0 Å². The van der Waals surface area contributed by atoms with Gasteiger partial charge in [-0.1, -0.05) is 91.0 Å². The van der Waals surface area contributed by atoms with Gasteiger partial charge in [-0.25, -0.2) is 22.8 Å². The number of rotatable bonds is 5. The summed E-state index contributed by atoms with van der Waals surface area (Å²) in [6.45, 7) is 8.19. The second-order valence-corrected chi connectivity index (χ2v) is 23.4. The molecule has 0 bridgehead atoms. The van der Waals surface area contributed by atoms with Crippen LogP contribution in [0.25, 0.3) is 56.3 Å². The van der Waals surface area contributed by atoms with E-state index in [4.69, 9.17) is 16.4 Å². The molecule has 86 heavy (non-hydrogen) atoms. The monoisotopic (exact) mass is 1150 g/mol. The van der Waals surface area contributed by atoms with Gasteiger partial charge in [0, 0.05) is 102 Å². The van der Waals surface area contributed by atoms with Crippen molar-refractivity contribution in [2.24, 2.45) is 35.2 Å². The zero-order valence-electron chi connectivity index (χ0n) is 63.9. The molecule has 0 saturated heterocycles. The van der Waals surface area contributed by atoms with E-state index in [0.717, 1.165) is 86.5 Å². The first-order chi connectivity index (χ1) is 46.3. The van der Waals surface area contributed by atoms with Crippen LogP contribution in [0.4, 0.5) is 0 Å². The highest BCUT2D eigenvalue weighted by atomic mass is 14.9. The van der Waals surface area contributed by atoms with Gasteiger partial charge in [-0.05, 0) is 223 Å². The zero-order valence-corrected chi connectivity index (χ0v) is 51.9. The van der Waals surface area contributed by atoms with Gasteiger partial charge in [-0.3, -0.25) is 0 Å². The standard InChI is InChI=1S/2C17H20N.2C16H18N.C15H16N/c1-13-7-3-6-10-16(13)17-11-14-8-4-5-9-15(14)12-18(17)2;1-13-7-3-5-9-15(13)17-16-10-6-4-8-14(16)11-12-18(17)2;1-12-6-3-4-9-15(12)16-10-13-7-5-8-14(13)11-17(16)2;1-12-6-3-4-8-14(12)16-15-9-5-7-13(15)10-11-17(16)2;1-16-11-10-12-8-5-9-14(12)15(16)13-6-3-2-4-7-13/h3,6-7,10-12H,4-5,8-9H2,1-2H3;3,5,7,9,11-12H,4,6,8,10H2,1-2H3;3-4,6,9-11H,5,7-8H2,1-2H3;3-4,6,8,10-11H,5,7,9H2,1-2H3;2-4,6-7,10-11H,5,8-9H2,1H3/q5*+1/i8D2;8D2,10D2;7D2;7D2,9D2;. The number of hydrogen-bond donors (Lipinski definition) is 0. The summed E-state index contributed by atoms with van der Waals surface area (Å²) in [5.74, 6) is 0. The van der Waals surface area contributed by atoms with Crippen LogP contribution < -0.4 is 22.8 Å². The van der Waals surface area contributed by atoms with Crippen LogP contribution in [0.15, 0.2) is 189 Å². The third-order valence-corrected chi connectivity index (χ3v) is 17.4. The molecule has 0 radical (unpaired) electrons. The van der Waals surface area contributed by atoms with E-state index in [1.54, 1.807) is 17.7 Å². The molecule has 0 aliphatic heterocycles. The van der Waals surface area contributed by atoms with Crippen molar-refractivity contribution >= 4 is 0 Å². The van der Waals surface area contributed by atoms with E-state index >= 15 is 0 Å². The van der Waals surface area contributed by atoms with Gasteiger partial charge in [0.05, 0.1) is 0 Å². The number of benzene rings is 5. The molecule has 436 valence electrons. The molecule has 0 atom stereocenters. The maximum Gasteiger partial charge on any atom is 0.216 e. The maximum atomic E-state index is 8.43. The SMILES string of the molecule is C[n+]1ccc2c(c1-c1ccccc1)CCC2.[2H]C1([2H])CC([2H])([2H])c2c1cc[n+](C)c2-c1ccccc1C.[2H]C1([2H])CCC([2H])([2H])c2c1cc[n+](C)c2-c1ccccc1C.[2H]C1([2H])CCCc2c[n+](C)c(-c3ccccc3C)cc21.[2H]C1([2H])CCc2c[n+](C)c(-c3ccccc3C)cc21. The molecule has 0 N–H and O–H groups in total. The topological polar surface area (TPSA) is 19.4 Å². The average molecular weight is 1150 g/mol. The Labute approximate surface area is 531 Å². The summed E-state index contributed by atoms with van der Waals surface area (Å²) in [4.78, 5) is 0. The maximum absolute atomic E-state index is 8.43. The minimum absolute atomic E-state index is 0.127. The Bertz CT molecular complexity index is 4640. The molecule has 0 saturated carbocycles. The lowest BCUT2D eigenvalue weighted by Gasteiger charge is -2.17. The fourth-order valence-corrected chi connectivity index (χ4v) is 12.8. The average Bonchev–Trinajstić information content (AvgIpc) is 1.27. The third-order valence-electron chi connectivity index (χ3n) is 17.4. The van der Waals surface area contributed by atoms with Crippen LogP contribution >= 0.6 is 0 Å². The molecule has 5 aromatic heterocycles. The molecule has 15 rings (SSSR count). The minimum Gasteiger partial charge on any atom is -0.201 e. The fourth-order valence-electron chi connectivity index (χ4n) is 12.8. The molecule has 5 aliphatic carbocycles. The molecule has 5 nitrogen and oxygen atoms in total. The van der Waals surface area contributed by atoms with Crippen molar-refractivity contribution in [1.29, 1.82) is 0 Å². The highest BCUT2D eigenvalue weighted by Gasteiger charge is 2.27. The summed E-state index contributed by atoms with van der Waals surface area (Å²) in [6, 6.07) is 52.8. The van der Waals surface area contributed by atoms with Gasteiger partial charge in [0.1, 0.15) is 35.2 Å². The Morgan fingerprint density at radius 2 is 0.674 bits per heavy atom. The molecule has 5 aliphatic rings. The van der Waals surface area contributed by atoms with Gasteiger partial charge in [-0.15, -0.1) is 0 Å². The summed E-state index contributed by atoms with van der Waals surface area (Å²) in [5.41, 5.74) is 24.4. The number of hydrogen-bond acceptors (Lipinski definition) is 0. The molecule has 0 spiro atoms. The largest absolute Gasteiger partial charge is 0.216 e. The number of pyridine rings is 5. The van der Waals surface area contributed by atoms with Crippen molar-refractivity contribution in [2.45, 2.75) is 137 Å². The van der Waals surface area contributed by atoms with Gasteiger partial charge in [0.2, 0.25) is 28.5 Å². The minimum atomic E-state index is -1.66. The van der Waals surface area contributed by atoms with E-state index in [-0.39, 0.29) is 19.3 Å². The van der Waals surface area contributed by atoms with Crippen molar-refractivity contribution in [3.05, 3.63) is 267 Å². The Hall–Kier alpha value is -8.15. The second kappa shape index (κ2) is 27.5. The van der Waals surface area contributed by atoms with Gasteiger partial charge in [0.25, 0.3) is 0 Å². The summed E-state index contributed by atoms with van der Waals surface area (Å²) in [6.07, 6.45) is 9.43. The van der Waals surface area contributed by atoms with Crippen LogP contribution in [0, 0.1) is 27.7 Å². The van der Waals surface area contributed by atoms with Crippen molar-refractivity contribution in [2.75, 3.05) is 0 Å². The van der Waals surface area contributed by atoms with Gasteiger partial charge in [-0.2, -0.15) is 0 Å². The van der Waals surface area contributed by atoms with E-state index in [9.17, 15) is 0 Å². The van der Waals surface area contributed by atoms with Gasteiger partial charge >= 0.3 is 0 Å². The van der Waals surface area contributed by atoms with E-state index in [2.05, 4.69) is 120 Å². The molecule has 5 aromatic carbocycles. The first kappa shape index (κ1) is 46.1. The molecule has 0 unspecified atom stereocenters. The highest BCUT2D eigenvalue weighted by molar-refractivity contribution is 5.68. The Balaban J connectivity index is 0.000000124. The number of nitrogens with zero attached hydrogens (tertiary/aromatic N) is 5. The highest BCUT2D eigenvalue weighted by Crippen LogP contribution is 2.34. The van der Waals surface area contributed by atoms with Crippen molar-refractivity contribution < 1.29 is 39.3 Å². The predicted octanol–water partition coefficient (Wildman–Crippen LogP) is 15.3. The predicted molar refractivity (Wildman–Crippen MR) is 354 cm³/mol. The zero-order chi connectivity index (χ0) is 70.4. The van der Waals surface area contributed by atoms with Crippen LogP contribution in [0.3, 0.4) is 0 Å². The molecule has 0 amide bonds. The molecular formula is C81H92N5+5. The van der Waals surface area contributed by atoms with E-state index in [0.29, 0.717) is 35.1 Å². The van der Waals surface area contributed by atoms with Crippen molar-refractivity contribution in [1.82, 2.24) is 0 Å². The van der Waals surface area contributed by atoms with E-state index < -0.39 is 38.2 Å². The second-order valence-electron chi connectivity index (χ2n) is 23.4. The Kier molecular flexibility index (Phi) is 14.7. The first-order valence-corrected chi connectivity index (χ1v) is 30.7. The lowest BCUT2D eigenvalue weighted by molar-refractivity contribution is -0.661. The van der Waals surface area contributed by atoms with E-state index in [1.807, 2.05) is 142 Å². The van der Waals surface area contributed by atoms with Crippen LogP contribution in [-0.4, -0.2) is 0 Å². The smallest absolute Gasteiger partial charge is 0.201 e. The van der Waals surface area contributed by atoms with Gasteiger partial charge < -0.3 is 0 Å². The third kappa shape index (κ3) is 13.3. The van der Waals surface area contributed by atoms with Crippen LogP contribution in [0.1, 0.15) is 139 Å². The Morgan fingerprint density at radius 3 is 1.20 bits per heavy atom. The Morgan fingerprint density at radius 1 is 0.291 bits per heavy atom. The van der Waals surface area contributed by atoms with Crippen molar-refractivity contribution in [3.8, 4) is 56.3 Å². The molecule has 5 heteroatoms. The normalized spacial score (nSPS) is 19.6. The van der Waals surface area contributed by atoms with Crippen LogP contribution in [-0.2, 0) is 99.2 Å². The summed E-state index contributed by atoms with van der Waals surface area (Å²) in [5, 5.41) is 0. The first-order valence-electron chi connectivity index (χ1n) is 36.7. The molecule has 5 heterocycles. The summed E-state index contributed by atoms with van der Waals surface area (Å²) >= 11 is 0. The molecule has 10 aromatic rings. The van der Waals surface area contributed by atoms with Crippen molar-refractivity contribution in [3.63, 3.8) is 0 Å². The summed E-state index contributed by atoms with van der Waals surface area (Å²) in [7, 11) is 10.00. The van der Waals surface area contributed by atoms with E-state index in [1.165, 1.54) is 58.3 Å². The number of fused-ring (bicyclic) bond motifs is 5. The number of aromatic nitrogens is 5. The fraction of sp³-hybridized carbons (Fsp3) is 0.321. The quantitative estimate of drug-likeness (QED) is 0.153. The molecule has 0 fully saturated rings. The lowest BCUT2D eigenvalue weighted by Crippen LogP contribution is -2.33. The number of aryl methyl sites for hydroxylation is 16. The molecular weight excluding hydrogens is 1040 g/mol. The summed E-state index contributed by atoms with van der Waals surface area (Å²) < 4.78 is 109. The van der Waals surface area contributed by atoms with Crippen LogP contribution in [0.5, 0.6) is 0 Å². The van der Waals surface area contributed by atoms with Gasteiger partial charge in [0.15, 0.2) is 31.0 Å².